The number of hydrogen-bond acceptors (Lipinski definition) is 8. The smallest absolute Gasteiger partial charge is 0.263 e. The van der Waals surface area contributed by atoms with Crippen molar-refractivity contribution in [1.82, 2.24) is 9.97 Å². The Labute approximate surface area is 203 Å². The van der Waals surface area contributed by atoms with Gasteiger partial charge < -0.3 is 10.1 Å². The van der Waals surface area contributed by atoms with Gasteiger partial charge in [0, 0.05) is 24.3 Å². The molecule has 1 unspecified atom stereocenters. The first-order chi connectivity index (χ1) is 16.6. The Morgan fingerprint density at radius 3 is 2.43 bits per heavy atom. The lowest BCUT2D eigenvalue weighted by Gasteiger charge is -2.17. The minimum atomic E-state index is -4.18. The number of para-hydroxylation sites is 2. The van der Waals surface area contributed by atoms with E-state index in [1.807, 2.05) is 19.9 Å². The Kier molecular flexibility index (Phi) is 6.70. The van der Waals surface area contributed by atoms with Crippen LogP contribution in [0.15, 0.2) is 71.3 Å². The number of hydrogen-bond donors (Lipinski definition) is 2. The fraction of sp³-hybridized carbons (Fsp3) is 0.250. The van der Waals surface area contributed by atoms with Gasteiger partial charge in [0.05, 0.1) is 27.0 Å². The Bertz CT molecular complexity index is 1450. The van der Waals surface area contributed by atoms with E-state index in [2.05, 4.69) is 20.0 Å². The van der Waals surface area contributed by atoms with E-state index in [-0.39, 0.29) is 40.7 Å². The molecule has 0 radical (unpaired) electrons. The average molecular weight is 496 g/mol. The van der Waals surface area contributed by atoms with Crippen LogP contribution in [0.5, 0.6) is 5.75 Å². The van der Waals surface area contributed by atoms with Gasteiger partial charge in [0.25, 0.3) is 10.0 Å². The van der Waals surface area contributed by atoms with E-state index in [1.54, 1.807) is 49.4 Å². The van der Waals surface area contributed by atoms with Crippen LogP contribution in [0.1, 0.15) is 27.2 Å². The second kappa shape index (κ2) is 9.71. The van der Waals surface area contributed by atoms with Crippen molar-refractivity contribution < 1.29 is 18.1 Å². The molecule has 2 N–H and O–H groups in total. The van der Waals surface area contributed by atoms with E-state index >= 15 is 0 Å². The monoisotopic (exact) mass is 495 g/mol. The number of fused-ring (bicyclic) bond motifs is 1. The van der Waals surface area contributed by atoms with Crippen LogP contribution >= 0.6 is 0 Å². The number of nitro groups is 1. The van der Waals surface area contributed by atoms with Gasteiger partial charge in [-0.1, -0.05) is 31.2 Å². The number of nitrogens with one attached hydrogen (secondary N) is 2. The summed E-state index contributed by atoms with van der Waals surface area (Å²) in [6, 6.07) is 14.2. The van der Waals surface area contributed by atoms with E-state index in [0.29, 0.717) is 22.5 Å². The summed E-state index contributed by atoms with van der Waals surface area (Å²) in [5.41, 5.74) is 1.51. The van der Waals surface area contributed by atoms with Crippen molar-refractivity contribution in [1.29, 1.82) is 0 Å². The van der Waals surface area contributed by atoms with Crippen molar-refractivity contribution in [2.45, 2.75) is 33.3 Å². The maximum atomic E-state index is 13.2. The van der Waals surface area contributed by atoms with Crippen molar-refractivity contribution in [3.63, 3.8) is 0 Å². The van der Waals surface area contributed by atoms with Gasteiger partial charge in [-0.3, -0.25) is 14.8 Å². The Morgan fingerprint density at radius 2 is 1.77 bits per heavy atom. The summed E-state index contributed by atoms with van der Waals surface area (Å²) in [4.78, 5) is 19.6. The van der Waals surface area contributed by atoms with Crippen LogP contribution in [-0.4, -0.2) is 29.4 Å². The first kappa shape index (κ1) is 24.1. The van der Waals surface area contributed by atoms with E-state index < -0.39 is 14.9 Å². The van der Waals surface area contributed by atoms with Gasteiger partial charge in [0.15, 0.2) is 11.6 Å². The van der Waals surface area contributed by atoms with E-state index in [1.165, 1.54) is 6.08 Å². The lowest BCUT2D eigenvalue weighted by molar-refractivity contribution is -0.428. The Hall–Kier alpha value is -3.99. The largest absolute Gasteiger partial charge is 0.491 e. The molecule has 1 aliphatic carbocycles. The standard InChI is InChI=1S/C24H25N5O5S/c1-15(2)34-19-8-6-7-17(13-19)25-23-24(27-22-10-5-4-9-21(22)26-23)28-35(32,33)20-12-16(3)11-18(14-20)29(30)31/h4-10,12-16H,11H2,1-3H3,(H,25,26)(H,27,28). The van der Waals surface area contributed by atoms with Gasteiger partial charge in [0.2, 0.25) is 5.70 Å². The fourth-order valence-corrected chi connectivity index (χ4v) is 4.85. The van der Waals surface area contributed by atoms with Crippen LogP contribution in [0.4, 0.5) is 17.3 Å². The zero-order valence-corrected chi connectivity index (χ0v) is 20.2. The maximum Gasteiger partial charge on any atom is 0.263 e. The van der Waals surface area contributed by atoms with Crippen molar-refractivity contribution in [2.75, 3.05) is 10.0 Å². The third-order valence-electron chi connectivity index (χ3n) is 5.10. The van der Waals surface area contributed by atoms with Crippen LogP contribution in [0.25, 0.3) is 11.0 Å². The van der Waals surface area contributed by atoms with Crippen LogP contribution in [0, 0.1) is 16.0 Å². The molecule has 10 nitrogen and oxygen atoms in total. The molecule has 0 fully saturated rings. The average Bonchev–Trinajstić information content (AvgIpc) is 2.78. The zero-order chi connectivity index (χ0) is 25.2. The predicted molar refractivity (Wildman–Crippen MR) is 135 cm³/mol. The highest BCUT2D eigenvalue weighted by atomic mass is 32.2. The van der Waals surface area contributed by atoms with Crippen molar-refractivity contribution in [3.8, 4) is 5.75 Å². The normalized spacial score (nSPS) is 15.9. The molecule has 0 amide bonds. The molecule has 0 saturated heterocycles. The summed E-state index contributed by atoms with van der Waals surface area (Å²) in [7, 11) is -4.18. The summed E-state index contributed by atoms with van der Waals surface area (Å²) in [5, 5.41) is 14.4. The van der Waals surface area contributed by atoms with Gasteiger partial charge >= 0.3 is 0 Å². The molecule has 0 aliphatic heterocycles. The second-order valence-corrected chi connectivity index (χ2v) is 10.2. The molecule has 1 aromatic heterocycles. The topological polar surface area (TPSA) is 136 Å². The number of rotatable bonds is 8. The molecule has 1 aliphatic rings. The maximum absolute atomic E-state index is 13.2. The number of anilines is 3. The molecule has 0 saturated carbocycles. The van der Waals surface area contributed by atoms with Crippen molar-refractivity contribution >= 4 is 38.4 Å². The quantitative estimate of drug-likeness (QED) is 0.330. The molecule has 1 heterocycles. The lowest BCUT2D eigenvalue weighted by atomic mass is 10.0. The molecule has 4 rings (SSSR count). The number of benzene rings is 2. The minimum absolute atomic E-state index is 0.0173. The Morgan fingerprint density at radius 1 is 1.09 bits per heavy atom. The lowest BCUT2D eigenvalue weighted by Crippen LogP contribution is -2.20. The van der Waals surface area contributed by atoms with Gasteiger partial charge in [-0.2, -0.15) is 0 Å². The number of sulfonamides is 1. The number of allylic oxidation sites excluding steroid dienone is 3. The third kappa shape index (κ3) is 5.75. The summed E-state index contributed by atoms with van der Waals surface area (Å²) in [6.07, 6.45) is 2.71. The highest BCUT2D eigenvalue weighted by molar-refractivity contribution is 7.96. The molecule has 35 heavy (non-hydrogen) atoms. The first-order valence-electron chi connectivity index (χ1n) is 11.0. The molecule has 11 heteroatoms. The summed E-state index contributed by atoms with van der Waals surface area (Å²) in [5.74, 6) is 0.474. The molecule has 182 valence electrons. The van der Waals surface area contributed by atoms with Gasteiger partial charge in [-0.15, -0.1) is 0 Å². The van der Waals surface area contributed by atoms with Gasteiger partial charge in [0.1, 0.15) is 5.75 Å². The Balaban J connectivity index is 1.73. The highest BCUT2D eigenvalue weighted by Crippen LogP contribution is 2.31. The molecule has 3 aromatic rings. The summed E-state index contributed by atoms with van der Waals surface area (Å²) in [6.45, 7) is 5.56. The zero-order valence-electron chi connectivity index (χ0n) is 19.4. The van der Waals surface area contributed by atoms with Gasteiger partial charge in [-0.05, 0) is 44.0 Å². The molecule has 2 aromatic carbocycles. The fourth-order valence-electron chi connectivity index (χ4n) is 3.64. The summed E-state index contributed by atoms with van der Waals surface area (Å²) < 4.78 is 34.6. The first-order valence-corrected chi connectivity index (χ1v) is 12.5. The molecule has 0 spiro atoms. The van der Waals surface area contributed by atoms with Gasteiger partial charge in [-0.25, -0.2) is 18.4 Å². The van der Waals surface area contributed by atoms with E-state index in [9.17, 15) is 18.5 Å². The summed E-state index contributed by atoms with van der Waals surface area (Å²) >= 11 is 0. The molecular formula is C24H25N5O5S. The third-order valence-corrected chi connectivity index (χ3v) is 6.44. The second-order valence-electron chi connectivity index (χ2n) is 8.48. The minimum Gasteiger partial charge on any atom is -0.491 e. The van der Waals surface area contributed by atoms with Crippen molar-refractivity contribution in [2.24, 2.45) is 5.92 Å². The van der Waals surface area contributed by atoms with E-state index in [4.69, 9.17) is 4.74 Å². The number of nitrogens with zero attached hydrogens (tertiary/aromatic N) is 3. The SMILES string of the molecule is CC1C=C(S(=O)(=O)Nc2nc3ccccc3nc2Nc2cccc(OC(C)C)c2)C=C([N+](=O)[O-])C1. The van der Waals surface area contributed by atoms with Crippen molar-refractivity contribution in [3.05, 3.63) is 81.4 Å². The van der Waals surface area contributed by atoms with Crippen LogP contribution in [0.3, 0.4) is 0 Å². The number of ether oxygens (including phenoxy) is 1. The van der Waals surface area contributed by atoms with Crippen LogP contribution < -0.4 is 14.8 Å². The molecule has 1 atom stereocenters. The molecular weight excluding hydrogens is 470 g/mol. The highest BCUT2D eigenvalue weighted by Gasteiger charge is 2.28. The van der Waals surface area contributed by atoms with Crippen LogP contribution in [-0.2, 0) is 10.0 Å². The number of aromatic nitrogens is 2. The molecule has 0 bridgehead atoms. The van der Waals surface area contributed by atoms with Crippen LogP contribution in [0.2, 0.25) is 0 Å². The predicted octanol–water partition coefficient (Wildman–Crippen LogP) is 4.99. The van der Waals surface area contributed by atoms with E-state index in [0.717, 1.165) is 6.08 Å².